The van der Waals surface area contributed by atoms with Gasteiger partial charge in [0.15, 0.2) is 0 Å². The molecule has 1 heterocycles. The van der Waals surface area contributed by atoms with Crippen molar-refractivity contribution in [3.8, 4) is 0 Å². The first-order valence-electron chi connectivity index (χ1n) is 9.01. The molecule has 0 bridgehead atoms. The smallest absolute Gasteiger partial charge is 0.227 e. The van der Waals surface area contributed by atoms with E-state index in [1.165, 1.54) is 11.1 Å². The average molecular weight is 336 g/mol. The maximum absolute atomic E-state index is 13.1. The van der Waals surface area contributed by atoms with Crippen LogP contribution in [0.4, 0.5) is 5.69 Å². The number of carbonyl (C=O) groups excluding carboxylic acids is 1. The number of hydrogen-bond donors (Lipinski definition) is 2. The Morgan fingerprint density at radius 1 is 1.12 bits per heavy atom. The van der Waals surface area contributed by atoms with Crippen LogP contribution in [-0.2, 0) is 17.6 Å². The number of nitrogens with two attached hydrogens (primary N) is 1. The molecule has 130 valence electrons. The Bertz CT molecular complexity index is 754. The van der Waals surface area contributed by atoms with Gasteiger partial charge in [0.1, 0.15) is 0 Å². The third-order valence-electron chi connectivity index (χ3n) is 5.62. The van der Waals surface area contributed by atoms with Crippen LogP contribution in [0.3, 0.4) is 0 Å². The molecule has 0 radical (unpaired) electrons. The summed E-state index contributed by atoms with van der Waals surface area (Å²) < 4.78 is 0. The molecular weight excluding hydrogens is 312 g/mol. The first-order valence-corrected chi connectivity index (χ1v) is 9.01. The van der Waals surface area contributed by atoms with E-state index < -0.39 is 6.10 Å². The van der Waals surface area contributed by atoms with Gasteiger partial charge in [-0.2, -0.15) is 0 Å². The minimum Gasteiger partial charge on any atom is -0.393 e. The van der Waals surface area contributed by atoms with Crippen LogP contribution >= 0.6 is 0 Å². The third-order valence-corrected chi connectivity index (χ3v) is 5.62. The monoisotopic (exact) mass is 336 g/mol. The Hall–Kier alpha value is -2.17. The first-order chi connectivity index (χ1) is 12.1. The Balaban J connectivity index is 1.57. The first kappa shape index (κ1) is 16.3. The van der Waals surface area contributed by atoms with Crippen molar-refractivity contribution in [3.05, 3.63) is 65.7 Å². The number of nitrogens with zero attached hydrogens (tertiary/aromatic N) is 1. The van der Waals surface area contributed by atoms with E-state index in [-0.39, 0.29) is 23.9 Å². The lowest BCUT2D eigenvalue weighted by molar-refractivity contribution is -0.123. The molecule has 4 nitrogen and oxygen atoms in total. The van der Waals surface area contributed by atoms with Gasteiger partial charge in [-0.25, -0.2) is 0 Å². The van der Waals surface area contributed by atoms with Crippen LogP contribution in [0, 0.1) is 5.92 Å². The SMILES string of the molecule is NC1CC(O)C1CC(=O)N1c2ccccc2CC1Cc1ccccc1. The van der Waals surface area contributed by atoms with E-state index in [4.69, 9.17) is 5.73 Å². The van der Waals surface area contributed by atoms with Gasteiger partial charge in [-0.3, -0.25) is 4.79 Å². The van der Waals surface area contributed by atoms with Crippen molar-refractivity contribution in [2.24, 2.45) is 11.7 Å². The van der Waals surface area contributed by atoms with E-state index in [1.807, 2.05) is 41.3 Å². The van der Waals surface area contributed by atoms with E-state index in [9.17, 15) is 9.90 Å². The summed E-state index contributed by atoms with van der Waals surface area (Å²) in [6, 6.07) is 18.5. The summed E-state index contributed by atoms with van der Waals surface area (Å²) in [5.41, 5.74) is 9.44. The topological polar surface area (TPSA) is 66.6 Å². The van der Waals surface area contributed by atoms with Gasteiger partial charge in [0.25, 0.3) is 0 Å². The summed E-state index contributed by atoms with van der Waals surface area (Å²) in [5.74, 6) is -0.0391. The van der Waals surface area contributed by atoms with E-state index in [2.05, 4.69) is 18.2 Å². The largest absolute Gasteiger partial charge is 0.393 e. The maximum Gasteiger partial charge on any atom is 0.227 e. The number of aliphatic hydroxyl groups excluding tert-OH is 1. The van der Waals surface area contributed by atoms with Crippen LogP contribution in [0.1, 0.15) is 24.0 Å². The number of para-hydroxylation sites is 1. The number of fused-ring (bicyclic) bond motifs is 1. The molecule has 4 unspecified atom stereocenters. The van der Waals surface area contributed by atoms with Gasteiger partial charge in [-0.15, -0.1) is 0 Å². The zero-order valence-electron chi connectivity index (χ0n) is 14.2. The summed E-state index contributed by atoms with van der Waals surface area (Å²) in [7, 11) is 0. The van der Waals surface area contributed by atoms with Crippen LogP contribution in [0.15, 0.2) is 54.6 Å². The highest BCUT2D eigenvalue weighted by molar-refractivity contribution is 5.96. The predicted octanol–water partition coefficient (Wildman–Crippen LogP) is 2.29. The number of amides is 1. The van der Waals surface area contributed by atoms with Crippen molar-refractivity contribution in [2.45, 2.75) is 43.9 Å². The van der Waals surface area contributed by atoms with E-state index in [0.717, 1.165) is 18.5 Å². The molecule has 1 amide bonds. The maximum atomic E-state index is 13.1. The molecule has 0 aromatic heterocycles. The van der Waals surface area contributed by atoms with Crippen LogP contribution in [0.5, 0.6) is 0 Å². The number of hydrogen-bond acceptors (Lipinski definition) is 3. The molecule has 2 aliphatic rings. The van der Waals surface area contributed by atoms with Gasteiger partial charge >= 0.3 is 0 Å². The lowest BCUT2D eigenvalue weighted by Gasteiger charge is -2.40. The van der Waals surface area contributed by atoms with Gasteiger partial charge in [0.05, 0.1) is 6.10 Å². The Morgan fingerprint density at radius 2 is 1.84 bits per heavy atom. The summed E-state index contributed by atoms with van der Waals surface area (Å²) in [6.45, 7) is 0. The number of rotatable bonds is 4. The fourth-order valence-electron chi connectivity index (χ4n) is 4.15. The molecular formula is C21H24N2O2. The van der Waals surface area contributed by atoms with Crippen molar-refractivity contribution in [2.75, 3.05) is 4.90 Å². The number of anilines is 1. The summed E-state index contributed by atoms with van der Waals surface area (Å²) in [5, 5.41) is 9.92. The molecule has 4 rings (SSSR count). The lowest BCUT2D eigenvalue weighted by Crippen LogP contribution is -2.53. The molecule has 2 aromatic carbocycles. The summed E-state index contributed by atoms with van der Waals surface area (Å²) in [6.07, 6.45) is 2.19. The van der Waals surface area contributed by atoms with Gasteiger partial charge in [-0.05, 0) is 36.5 Å². The fraction of sp³-hybridized carbons (Fsp3) is 0.381. The van der Waals surface area contributed by atoms with Crippen molar-refractivity contribution < 1.29 is 9.90 Å². The molecule has 0 spiro atoms. The van der Waals surface area contributed by atoms with Crippen molar-refractivity contribution in [1.29, 1.82) is 0 Å². The molecule has 0 saturated heterocycles. The van der Waals surface area contributed by atoms with Crippen molar-refractivity contribution in [3.63, 3.8) is 0 Å². The highest BCUT2D eigenvalue weighted by Gasteiger charge is 2.41. The Morgan fingerprint density at radius 3 is 2.56 bits per heavy atom. The van der Waals surface area contributed by atoms with Crippen molar-refractivity contribution in [1.82, 2.24) is 0 Å². The molecule has 1 saturated carbocycles. The van der Waals surface area contributed by atoms with Gasteiger partial charge in [0.2, 0.25) is 5.91 Å². The summed E-state index contributed by atoms with van der Waals surface area (Å²) in [4.78, 5) is 15.0. The fourth-order valence-corrected chi connectivity index (χ4v) is 4.15. The van der Waals surface area contributed by atoms with Crippen LogP contribution < -0.4 is 10.6 Å². The van der Waals surface area contributed by atoms with E-state index in [0.29, 0.717) is 12.8 Å². The molecule has 1 aliphatic heterocycles. The standard InChI is InChI=1S/C21H24N2O2/c22-18-13-20(24)17(18)12-21(25)23-16(10-14-6-2-1-3-7-14)11-15-8-4-5-9-19(15)23/h1-9,16-18,20,24H,10-13,22H2. The van der Waals surface area contributed by atoms with E-state index in [1.54, 1.807) is 0 Å². The Labute approximate surface area is 148 Å². The number of benzene rings is 2. The molecule has 4 atom stereocenters. The van der Waals surface area contributed by atoms with Crippen LogP contribution in [0.2, 0.25) is 0 Å². The Kier molecular flexibility index (Phi) is 4.32. The highest BCUT2D eigenvalue weighted by Crippen LogP contribution is 2.36. The van der Waals surface area contributed by atoms with Gasteiger partial charge < -0.3 is 15.7 Å². The quantitative estimate of drug-likeness (QED) is 0.900. The minimum absolute atomic E-state index is 0.0654. The zero-order chi connectivity index (χ0) is 17.4. The van der Waals surface area contributed by atoms with E-state index >= 15 is 0 Å². The molecule has 4 heteroatoms. The molecule has 3 N–H and O–H groups in total. The molecule has 25 heavy (non-hydrogen) atoms. The zero-order valence-corrected chi connectivity index (χ0v) is 14.2. The highest BCUT2D eigenvalue weighted by atomic mass is 16.3. The molecule has 1 aliphatic carbocycles. The molecule has 2 aromatic rings. The minimum atomic E-state index is -0.440. The second kappa shape index (κ2) is 6.62. The molecule has 1 fully saturated rings. The van der Waals surface area contributed by atoms with Crippen LogP contribution in [0.25, 0.3) is 0 Å². The van der Waals surface area contributed by atoms with Gasteiger partial charge in [-0.1, -0.05) is 48.5 Å². The predicted molar refractivity (Wildman–Crippen MR) is 98.3 cm³/mol. The average Bonchev–Trinajstić information content (AvgIpc) is 2.98. The number of carbonyl (C=O) groups is 1. The van der Waals surface area contributed by atoms with Crippen LogP contribution in [-0.4, -0.2) is 29.2 Å². The van der Waals surface area contributed by atoms with Gasteiger partial charge in [0, 0.05) is 30.1 Å². The second-order valence-corrected chi connectivity index (χ2v) is 7.28. The normalized spacial score (nSPS) is 27.7. The van der Waals surface area contributed by atoms with Crippen molar-refractivity contribution >= 4 is 11.6 Å². The number of aliphatic hydroxyl groups is 1. The third kappa shape index (κ3) is 3.08. The second-order valence-electron chi connectivity index (χ2n) is 7.28. The lowest BCUT2D eigenvalue weighted by atomic mass is 9.75. The summed E-state index contributed by atoms with van der Waals surface area (Å²) >= 11 is 0.